The fourth-order valence-corrected chi connectivity index (χ4v) is 2.37. The van der Waals surface area contributed by atoms with Gasteiger partial charge in [-0.05, 0) is 22.0 Å². The van der Waals surface area contributed by atoms with E-state index in [2.05, 4.69) is 41.2 Å². The number of hydrogen-bond donors (Lipinski definition) is 1. The van der Waals surface area contributed by atoms with Crippen molar-refractivity contribution in [3.05, 3.63) is 34.0 Å². The van der Waals surface area contributed by atoms with Gasteiger partial charge in [-0.3, -0.25) is 0 Å². The SMILES string of the molecule is COCc1c(CNC(C)C)oc2c(Br)cccc12. The maximum Gasteiger partial charge on any atom is 0.148 e. The quantitative estimate of drug-likeness (QED) is 0.911. The smallest absolute Gasteiger partial charge is 0.148 e. The first-order valence-corrected chi connectivity index (χ1v) is 6.84. The van der Waals surface area contributed by atoms with Gasteiger partial charge in [0, 0.05) is 24.1 Å². The summed E-state index contributed by atoms with van der Waals surface area (Å²) in [6, 6.07) is 6.50. The minimum atomic E-state index is 0.428. The van der Waals surface area contributed by atoms with Crippen LogP contribution in [-0.2, 0) is 17.9 Å². The molecule has 0 amide bonds. The lowest BCUT2D eigenvalue weighted by molar-refractivity contribution is 0.183. The molecule has 0 radical (unpaired) electrons. The zero-order chi connectivity index (χ0) is 13.1. The Morgan fingerprint density at radius 2 is 2.17 bits per heavy atom. The van der Waals surface area contributed by atoms with Crippen LogP contribution in [0, 0.1) is 0 Å². The van der Waals surface area contributed by atoms with Crippen molar-refractivity contribution in [1.82, 2.24) is 5.32 Å². The molecule has 0 bridgehead atoms. The van der Waals surface area contributed by atoms with Crippen LogP contribution in [-0.4, -0.2) is 13.2 Å². The molecule has 1 aromatic heterocycles. The van der Waals surface area contributed by atoms with Gasteiger partial charge in [-0.25, -0.2) is 0 Å². The molecule has 3 nitrogen and oxygen atoms in total. The second-order valence-electron chi connectivity index (χ2n) is 4.59. The number of nitrogens with one attached hydrogen (secondary N) is 1. The van der Waals surface area contributed by atoms with Crippen LogP contribution in [0.2, 0.25) is 0 Å². The van der Waals surface area contributed by atoms with Gasteiger partial charge in [-0.15, -0.1) is 0 Å². The number of ether oxygens (including phenoxy) is 1. The van der Waals surface area contributed by atoms with Crippen molar-refractivity contribution in [1.29, 1.82) is 0 Å². The lowest BCUT2D eigenvalue weighted by atomic mass is 10.1. The fraction of sp³-hybridized carbons (Fsp3) is 0.429. The highest BCUT2D eigenvalue weighted by molar-refractivity contribution is 9.10. The van der Waals surface area contributed by atoms with Crippen molar-refractivity contribution < 1.29 is 9.15 Å². The summed E-state index contributed by atoms with van der Waals surface area (Å²) in [6.45, 7) is 5.53. The molecule has 0 aliphatic heterocycles. The molecule has 0 saturated heterocycles. The molecule has 98 valence electrons. The zero-order valence-electron chi connectivity index (χ0n) is 10.9. The van der Waals surface area contributed by atoms with Gasteiger partial charge in [-0.2, -0.15) is 0 Å². The van der Waals surface area contributed by atoms with E-state index in [4.69, 9.17) is 9.15 Å². The Labute approximate surface area is 116 Å². The molecule has 4 heteroatoms. The molecule has 2 rings (SSSR count). The van der Waals surface area contributed by atoms with Gasteiger partial charge >= 0.3 is 0 Å². The van der Waals surface area contributed by atoms with Crippen LogP contribution in [0.4, 0.5) is 0 Å². The molecule has 0 aliphatic carbocycles. The van der Waals surface area contributed by atoms with Crippen molar-refractivity contribution in [3.63, 3.8) is 0 Å². The lowest BCUT2D eigenvalue weighted by Crippen LogP contribution is -2.22. The maximum absolute atomic E-state index is 5.94. The number of methoxy groups -OCH3 is 1. The van der Waals surface area contributed by atoms with Crippen LogP contribution in [0.25, 0.3) is 11.0 Å². The van der Waals surface area contributed by atoms with E-state index in [-0.39, 0.29) is 0 Å². The second kappa shape index (κ2) is 5.87. The van der Waals surface area contributed by atoms with E-state index in [9.17, 15) is 0 Å². The van der Waals surface area contributed by atoms with Crippen molar-refractivity contribution in [2.75, 3.05) is 7.11 Å². The van der Waals surface area contributed by atoms with Gasteiger partial charge in [-0.1, -0.05) is 26.0 Å². The minimum absolute atomic E-state index is 0.428. The first-order chi connectivity index (χ1) is 8.63. The van der Waals surface area contributed by atoms with Gasteiger partial charge in [0.1, 0.15) is 11.3 Å². The van der Waals surface area contributed by atoms with Gasteiger partial charge in [0.25, 0.3) is 0 Å². The van der Waals surface area contributed by atoms with Crippen molar-refractivity contribution in [2.24, 2.45) is 0 Å². The number of benzene rings is 1. The third-order valence-corrected chi connectivity index (χ3v) is 3.44. The van der Waals surface area contributed by atoms with Crippen molar-refractivity contribution in [3.8, 4) is 0 Å². The molecule has 0 saturated carbocycles. The third-order valence-electron chi connectivity index (χ3n) is 2.81. The van der Waals surface area contributed by atoms with Crippen LogP contribution < -0.4 is 5.32 Å². The van der Waals surface area contributed by atoms with Gasteiger partial charge < -0.3 is 14.5 Å². The average molecular weight is 312 g/mol. The van der Waals surface area contributed by atoms with Crippen molar-refractivity contribution in [2.45, 2.75) is 33.0 Å². The lowest BCUT2D eigenvalue weighted by Gasteiger charge is -2.07. The molecule has 2 aromatic rings. The Kier molecular flexibility index (Phi) is 4.43. The molecule has 0 fully saturated rings. The molecule has 1 heterocycles. The predicted octanol–water partition coefficient (Wildman–Crippen LogP) is 3.84. The Balaban J connectivity index is 2.43. The first kappa shape index (κ1) is 13.6. The normalized spacial score (nSPS) is 11.6. The molecule has 1 N–H and O–H groups in total. The molecular formula is C14H18BrNO2. The van der Waals surface area contributed by atoms with E-state index < -0.39 is 0 Å². The Hall–Kier alpha value is -0.840. The van der Waals surface area contributed by atoms with Crippen LogP contribution >= 0.6 is 15.9 Å². The largest absolute Gasteiger partial charge is 0.458 e. The van der Waals surface area contributed by atoms with Crippen LogP contribution in [0.3, 0.4) is 0 Å². The van der Waals surface area contributed by atoms with Gasteiger partial charge in [0.05, 0.1) is 17.6 Å². The van der Waals surface area contributed by atoms with E-state index in [1.54, 1.807) is 7.11 Å². The van der Waals surface area contributed by atoms with E-state index >= 15 is 0 Å². The van der Waals surface area contributed by atoms with Crippen LogP contribution in [0.15, 0.2) is 27.1 Å². The number of halogens is 1. The number of hydrogen-bond acceptors (Lipinski definition) is 3. The Bertz CT molecular complexity index is 534. The van der Waals surface area contributed by atoms with E-state index in [0.29, 0.717) is 12.6 Å². The Morgan fingerprint density at radius 3 is 2.83 bits per heavy atom. The summed E-state index contributed by atoms with van der Waals surface area (Å²) in [5, 5.41) is 4.49. The highest BCUT2D eigenvalue weighted by Crippen LogP contribution is 2.31. The number of para-hydroxylation sites is 1. The molecule has 0 atom stereocenters. The van der Waals surface area contributed by atoms with Crippen molar-refractivity contribution >= 4 is 26.9 Å². The van der Waals surface area contributed by atoms with Gasteiger partial charge in [0.15, 0.2) is 0 Å². The monoisotopic (exact) mass is 311 g/mol. The minimum Gasteiger partial charge on any atom is -0.458 e. The van der Waals surface area contributed by atoms with E-state index in [0.717, 1.165) is 33.3 Å². The second-order valence-corrected chi connectivity index (χ2v) is 5.44. The molecule has 0 aliphatic rings. The number of furan rings is 1. The first-order valence-electron chi connectivity index (χ1n) is 6.04. The molecule has 1 aromatic carbocycles. The molecule has 18 heavy (non-hydrogen) atoms. The van der Waals surface area contributed by atoms with Crippen LogP contribution in [0.5, 0.6) is 0 Å². The summed E-state index contributed by atoms with van der Waals surface area (Å²) in [6.07, 6.45) is 0. The summed E-state index contributed by atoms with van der Waals surface area (Å²) in [5.74, 6) is 0.951. The van der Waals surface area contributed by atoms with E-state index in [1.807, 2.05) is 12.1 Å². The standard InChI is InChI=1S/C14H18BrNO2/c1-9(2)16-7-13-11(8-17-3)10-5-4-6-12(15)14(10)18-13/h4-6,9,16H,7-8H2,1-3H3. The number of rotatable bonds is 5. The molecule has 0 spiro atoms. The molecule has 0 unspecified atom stereocenters. The predicted molar refractivity (Wildman–Crippen MR) is 76.6 cm³/mol. The highest BCUT2D eigenvalue weighted by atomic mass is 79.9. The van der Waals surface area contributed by atoms with E-state index in [1.165, 1.54) is 0 Å². The average Bonchev–Trinajstić information content (AvgIpc) is 2.67. The molecular weight excluding hydrogens is 294 g/mol. The summed E-state index contributed by atoms with van der Waals surface area (Å²) >= 11 is 3.52. The summed E-state index contributed by atoms with van der Waals surface area (Å²) in [4.78, 5) is 0. The zero-order valence-corrected chi connectivity index (χ0v) is 12.5. The number of fused-ring (bicyclic) bond motifs is 1. The Morgan fingerprint density at radius 1 is 1.39 bits per heavy atom. The third kappa shape index (κ3) is 2.76. The summed E-state index contributed by atoms with van der Waals surface area (Å²) in [5.41, 5.74) is 2.02. The highest BCUT2D eigenvalue weighted by Gasteiger charge is 2.15. The summed E-state index contributed by atoms with van der Waals surface area (Å²) < 4.78 is 12.2. The fourth-order valence-electron chi connectivity index (χ4n) is 1.93. The maximum atomic E-state index is 5.94. The summed E-state index contributed by atoms with van der Waals surface area (Å²) in [7, 11) is 1.70. The van der Waals surface area contributed by atoms with Gasteiger partial charge in [0.2, 0.25) is 0 Å². The van der Waals surface area contributed by atoms with Crippen LogP contribution in [0.1, 0.15) is 25.2 Å². The topological polar surface area (TPSA) is 34.4 Å².